The van der Waals surface area contributed by atoms with Crippen LogP contribution in [0.5, 0.6) is 0 Å². The molecule has 18 heavy (non-hydrogen) atoms. The molecule has 0 radical (unpaired) electrons. The van der Waals surface area contributed by atoms with E-state index in [0.717, 1.165) is 6.54 Å². The molecule has 1 saturated heterocycles. The Balaban J connectivity index is 2.19. The largest absolute Gasteiger partial charge is 0.368 e. The zero-order chi connectivity index (χ0) is 12.8. The summed E-state index contributed by atoms with van der Waals surface area (Å²) in [6.45, 7) is 3.88. The van der Waals surface area contributed by atoms with Crippen molar-refractivity contribution in [3.8, 4) is 0 Å². The van der Waals surface area contributed by atoms with Crippen LogP contribution >= 0.6 is 0 Å². The molecule has 0 bridgehead atoms. The highest BCUT2D eigenvalue weighted by atomic mass is 16.6. The van der Waals surface area contributed by atoms with Crippen molar-refractivity contribution in [2.75, 3.05) is 19.7 Å². The van der Waals surface area contributed by atoms with Crippen LogP contribution in [0, 0.1) is 0 Å². The summed E-state index contributed by atoms with van der Waals surface area (Å²) in [5, 5.41) is 10.8. The van der Waals surface area contributed by atoms with E-state index in [1.807, 2.05) is 11.8 Å². The fourth-order valence-corrected chi connectivity index (χ4v) is 2.64. The maximum Gasteiger partial charge on any atom is 0.236 e. The minimum Gasteiger partial charge on any atom is -0.368 e. The number of ether oxygens (including phenoxy) is 1. The van der Waals surface area contributed by atoms with Crippen LogP contribution in [0.1, 0.15) is 22.8 Å². The van der Waals surface area contributed by atoms with Crippen molar-refractivity contribution >= 4 is 5.78 Å². The predicted molar refractivity (Wildman–Crippen MR) is 66.0 cm³/mol. The summed E-state index contributed by atoms with van der Waals surface area (Å²) < 4.78 is 5.57. The fourth-order valence-electron chi connectivity index (χ4n) is 2.64. The minimum absolute atomic E-state index is 0.0748. The highest BCUT2D eigenvalue weighted by Gasteiger charge is 2.46. The first-order valence-corrected chi connectivity index (χ1v) is 6.14. The maximum absolute atomic E-state index is 12.1. The van der Waals surface area contributed by atoms with E-state index in [1.54, 1.807) is 24.3 Å². The van der Waals surface area contributed by atoms with Crippen molar-refractivity contribution < 1.29 is 14.6 Å². The van der Waals surface area contributed by atoms with Gasteiger partial charge < -0.3 is 14.7 Å². The second-order valence-electron chi connectivity index (χ2n) is 4.51. The van der Waals surface area contributed by atoms with Gasteiger partial charge in [0.05, 0.1) is 12.3 Å². The number of hydrogen-bond acceptors (Lipinski definition) is 4. The highest BCUT2D eigenvalue weighted by Crippen LogP contribution is 2.40. The van der Waals surface area contributed by atoms with E-state index in [9.17, 15) is 9.90 Å². The molecule has 1 atom stereocenters. The molecular formula is C14H15NO3. The predicted octanol–water partition coefficient (Wildman–Crippen LogP) is 1.26. The molecule has 4 nitrogen and oxygen atoms in total. The third-order valence-corrected chi connectivity index (χ3v) is 3.57. The van der Waals surface area contributed by atoms with Crippen molar-refractivity contribution in [2.45, 2.75) is 12.7 Å². The molecule has 2 aliphatic rings. The Hall–Kier alpha value is -1.65. The molecule has 0 spiro atoms. The first kappa shape index (κ1) is 11.4. The van der Waals surface area contributed by atoms with Crippen LogP contribution in [0.2, 0.25) is 0 Å². The molecule has 1 heterocycles. The molecule has 1 aliphatic carbocycles. The lowest BCUT2D eigenvalue weighted by Crippen LogP contribution is -2.50. The molecule has 0 amide bonds. The number of fused-ring (bicyclic) bond motifs is 3. The third-order valence-electron chi connectivity index (χ3n) is 3.57. The van der Waals surface area contributed by atoms with Crippen LogP contribution in [0.3, 0.4) is 0 Å². The van der Waals surface area contributed by atoms with E-state index >= 15 is 0 Å². The molecule has 1 unspecified atom stereocenters. The van der Waals surface area contributed by atoms with Crippen molar-refractivity contribution in [1.82, 2.24) is 4.90 Å². The lowest BCUT2D eigenvalue weighted by molar-refractivity contribution is -0.218. The monoisotopic (exact) mass is 245 g/mol. The van der Waals surface area contributed by atoms with E-state index in [1.165, 1.54) is 6.08 Å². The van der Waals surface area contributed by atoms with Gasteiger partial charge in [-0.15, -0.1) is 0 Å². The van der Waals surface area contributed by atoms with Crippen molar-refractivity contribution in [3.63, 3.8) is 0 Å². The Morgan fingerprint density at radius 3 is 3.00 bits per heavy atom. The van der Waals surface area contributed by atoms with Gasteiger partial charge in [0.15, 0.2) is 5.78 Å². The molecule has 0 aromatic heterocycles. The lowest BCUT2D eigenvalue weighted by atomic mass is 9.87. The average Bonchev–Trinajstić information content (AvgIpc) is 2.40. The average molecular weight is 245 g/mol. The first-order chi connectivity index (χ1) is 8.66. The van der Waals surface area contributed by atoms with Crippen LogP contribution < -0.4 is 0 Å². The molecule has 4 heteroatoms. The SMILES string of the molecule is CCN1CCOC2(O)C1=CC(=O)c1ccccc12. The van der Waals surface area contributed by atoms with Crippen molar-refractivity contribution in [1.29, 1.82) is 0 Å². The molecule has 0 saturated carbocycles. The number of carbonyl (C=O) groups excluding carboxylic acids is 1. The van der Waals surface area contributed by atoms with Gasteiger partial charge in [-0.3, -0.25) is 4.79 Å². The summed E-state index contributed by atoms with van der Waals surface area (Å²) in [6.07, 6.45) is 1.49. The summed E-state index contributed by atoms with van der Waals surface area (Å²) in [7, 11) is 0. The Bertz CT molecular complexity index is 538. The molecular weight excluding hydrogens is 230 g/mol. The maximum atomic E-state index is 12.1. The minimum atomic E-state index is -1.47. The second-order valence-corrected chi connectivity index (χ2v) is 4.51. The number of aliphatic hydroxyl groups is 1. The Morgan fingerprint density at radius 1 is 1.44 bits per heavy atom. The number of hydrogen-bond donors (Lipinski definition) is 1. The van der Waals surface area contributed by atoms with Gasteiger partial charge in [-0.2, -0.15) is 0 Å². The molecule has 3 rings (SSSR count). The van der Waals surface area contributed by atoms with Gasteiger partial charge in [0, 0.05) is 30.3 Å². The number of nitrogens with zero attached hydrogens (tertiary/aromatic N) is 1. The van der Waals surface area contributed by atoms with Crippen LogP contribution in [0.25, 0.3) is 0 Å². The quantitative estimate of drug-likeness (QED) is 0.809. The van der Waals surface area contributed by atoms with Gasteiger partial charge in [-0.1, -0.05) is 24.3 Å². The van der Waals surface area contributed by atoms with Gasteiger partial charge in [-0.05, 0) is 6.92 Å². The second kappa shape index (κ2) is 3.93. The van der Waals surface area contributed by atoms with Crippen molar-refractivity contribution in [2.24, 2.45) is 0 Å². The summed E-state index contributed by atoms with van der Waals surface area (Å²) in [4.78, 5) is 14.1. The Kier molecular flexibility index (Phi) is 2.50. The zero-order valence-corrected chi connectivity index (χ0v) is 10.2. The van der Waals surface area contributed by atoms with E-state index in [2.05, 4.69) is 0 Å². The summed E-state index contributed by atoms with van der Waals surface area (Å²) >= 11 is 0. The molecule has 94 valence electrons. The molecule has 1 N–H and O–H groups in total. The number of benzene rings is 1. The zero-order valence-electron chi connectivity index (χ0n) is 10.2. The van der Waals surface area contributed by atoms with Gasteiger partial charge >= 0.3 is 0 Å². The topological polar surface area (TPSA) is 49.8 Å². The van der Waals surface area contributed by atoms with Crippen LogP contribution in [0.15, 0.2) is 36.0 Å². The number of carbonyl (C=O) groups is 1. The van der Waals surface area contributed by atoms with Gasteiger partial charge in [0.2, 0.25) is 5.79 Å². The molecule has 1 fully saturated rings. The lowest BCUT2D eigenvalue weighted by Gasteiger charge is -2.44. The normalized spacial score (nSPS) is 26.4. The number of likely N-dealkylation sites (N-methyl/N-ethyl adjacent to an activating group) is 1. The van der Waals surface area contributed by atoms with Crippen molar-refractivity contribution in [3.05, 3.63) is 47.2 Å². The number of ketones is 1. The number of morpholine rings is 1. The van der Waals surface area contributed by atoms with E-state index < -0.39 is 5.79 Å². The highest BCUT2D eigenvalue weighted by molar-refractivity contribution is 6.07. The summed E-state index contributed by atoms with van der Waals surface area (Å²) in [6, 6.07) is 7.07. The standard InChI is InChI=1S/C14H15NO3/c1-2-15-7-8-18-14(17)11-6-4-3-5-10(11)12(16)9-13(14)15/h3-6,9,17H,2,7-8H2,1H3. The first-order valence-electron chi connectivity index (χ1n) is 6.14. The van der Waals surface area contributed by atoms with Crippen LogP contribution in [-0.2, 0) is 10.5 Å². The van der Waals surface area contributed by atoms with Crippen LogP contribution in [-0.4, -0.2) is 35.5 Å². The fraction of sp³-hybridized carbons (Fsp3) is 0.357. The van der Waals surface area contributed by atoms with E-state index in [-0.39, 0.29) is 5.78 Å². The van der Waals surface area contributed by atoms with Gasteiger partial charge in [0.1, 0.15) is 0 Å². The third kappa shape index (κ3) is 1.43. The smallest absolute Gasteiger partial charge is 0.236 e. The van der Waals surface area contributed by atoms with E-state index in [0.29, 0.717) is 30.0 Å². The Morgan fingerprint density at radius 2 is 2.22 bits per heavy atom. The number of allylic oxidation sites excluding steroid dienone is 1. The van der Waals surface area contributed by atoms with Crippen LogP contribution in [0.4, 0.5) is 0 Å². The van der Waals surface area contributed by atoms with Gasteiger partial charge in [0.25, 0.3) is 0 Å². The van der Waals surface area contributed by atoms with E-state index in [4.69, 9.17) is 4.74 Å². The van der Waals surface area contributed by atoms with Gasteiger partial charge in [-0.25, -0.2) is 0 Å². The molecule has 1 aliphatic heterocycles. The molecule has 1 aromatic carbocycles. The Labute approximate surface area is 105 Å². The molecule has 1 aromatic rings. The number of rotatable bonds is 1. The summed E-state index contributed by atoms with van der Waals surface area (Å²) in [5.74, 6) is -1.55. The summed E-state index contributed by atoms with van der Waals surface area (Å²) in [5.41, 5.74) is 1.62.